The van der Waals surface area contributed by atoms with Gasteiger partial charge in [0, 0.05) is 145 Å². The van der Waals surface area contributed by atoms with Gasteiger partial charge in [-0.1, -0.05) is 346 Å². The van der Waals surface area contributed by atoms with Crippen LogP contribution in [0.2, 0.25) is 0 Å². The Morgan fingerprint density at radius 3 is 0.846 bits per heavy atom. The molecule has 32 rings (SSSR count). The number of fused-ring (bicyclic) bond motifs is 32. The molecule has 143 heavy (non-hydrogen) atoms. The normalized spacial score (nSPS) is 12.1. The zero-order valence-electron chi connectivity index (χ0n) is 77.3. The standard InChI is InChI=1S/C48H30N2S.C46H28N2S.C40H24N2S/c1-4-13-31(14-5-1)33-17-12-20-36(27-33)49-43-22-11-10-21-37(43)41-29-42-39-25-26-40-38-24-23-34(32-15-6-2-7-16-32)28-46(38)51-48(40)47(39)50(45(42)30-44(41)49)35-18-8-3-9-19-35;1-2-12-33(13-3-1)48-43-28-42-39(27-40(43)37-24-25-38-36-15-7-9-17-44(36)49-46(38)45(37)48)35-14-6-8-16-41(35)47(42)34-22-20-30(21-23-34)32-19-18-29-10-4-5-11-31(29)26-32;1-2-12-27(13-3-1)42-37-24-36-33(23-34(37)31-20-21-32-30-15-7-9-17-38(30)43-40(32)39(31)42)29-14-6-8-16-35(29)41(36)28-19-18-25-10-4-5-11-26(25)22-28/h1-30H;1-28H;1-24H. The zero-order chi connectivity index (χ0) is 93.6. The Kier molecular flexibility index (Phi) is 18.3. The van der Waals surface area contributed by atoms with Crippen LogP contribution < -0.4 is 0 Å². The van der Waals surface area contributed by atoms with Crippen LogP contribution in [0.5, 0.6) is 0 Å². The van der Waals surface area contributed by atoms with E-state index in [0.717, 1.165) is 11.4 Å². The molecule has 0 radical (unpaired) electrons. The van der Waals surface area contributed by atoms with Gasteiger partial charge < -0.3 is 27.4 Å². The van der Waals surface area contributed by atoms with Gasteiger partial charge in [-0.25, -0.2) is 0 Å². The molecule has 0 N–H and O–H groups in total. The van der Waals surface area contributed by atoms with E-state index in [1.807, 2.05) is 34.0 Å². The van der Waals surface area contributed by atoms with Gasteiger partial charge in [-0.3, -0.25) is 0 Å². The first kappa shape index (κ1) is 81.1. The summed E-state index contributed by atoms with van der Waals surface area (Å²) in [6, 6.07) is 182. The molecular formula is C134H82N6S3. The van der Waals surface area contributed by atoms with Crippen LogP contribution in [0.15, 0.2) is 497 Å². The Balaban J connectivity index is 0.000000100. The summed E-state index contributed by atoms with van der Waals surface area (Å²) in [4.78, 5) is 0. The lowest BCUT2D eigenvalue weighted by atomic mass is 10.0. The fourth-order valence-corrected chi connectivity index (χ4v) is 27.2. The highest BCUT2D eigenvalue weighted by Crippen LogP contribution is 2.52. The minimum atomic E-state index is 1.16. The third-order valence-electron chi connectivity index (χ3n) is 29.9. The maximum atomic E-state index is 2.50. The minimum Gasteiger partial charge on any atom is -0.309 e. The van der Waals surface area contributed by atoms with Crippen molar-refractivity contribution in [1.82, 2.24) is 27.4 Å². The summed E-state index contributed by atoms with van der Waals surface area (Å²) in [6.07, 6.45) is 0. The average molecular weight is 1870 g/mol. The number of nitrogens with zero attached hydrogens (tertiary/aromatic N) is 6. The van der Waals surface area contributed by atoms with Crippen LogP contribution in [0, 0.1) is 0 Å². The number of thiophene rings is 3. The van der Waals surface area contributed by atoms with Crippen LogP contribution in [-0.4, -0.2) is 27.4 Å². The fourth-order valence-electron chi connectivity index (χ4n) is 23.4. The number of aromatic nitrogens is 6. The molecular weight excluding hydrogens is 1790 g/mol. The Hall–Kier alpha value is -18.0. The van der Waals surface area contributed by atoms with E-state index in [4.69, 9.17) is 0 Å². The molecule has 0 saturated carbocycles. The summed E-state index contributed by atoms with van der Waals surface area (Å²) in [5.41, 5.74) is 29.2. The van der Waals surface area contributed by atoms with Crippen molar-refractivity contribution in [3.05, 3.63) is 497 Å². The van der Waals surface area contributed by atoms with E-state index in [-0.39, 0.29) is 0 Å². The topological polar surface area (TPSA) is 29.6 Å². The van der Waals surface area contributed by atoms with Gasteiger partial charge in [0.2, 0.25) is 0 Å². The van der Waals surface area contributed by atoms with Crippen molar-refractivity contribution in [2.45, 2.75) is 0 Å². The largest absolute Gasteiger partial charge is 0.309 e. The van der Waals surface area contributed by atoms with Crippen LogP contribution in [0.25, 0.3) is 280 Å². The van der Waals surface area contributed by atoms with E-state index < -0.39 is 0 Å². The van der Waals surface area contributed by atoms with Gasteiger partial charge in [0.05, 0.1) is 80.3 Å². The van der Waals surface area contributed by atoms with Gasteiger partial charge in [0.1, 0.15) is 0 Å². The van der Waals surface area contributed by atoms with Gasteiger partial charge in [-0.15, -0.1) is 34.0 Å². The number of para-hydroxylation sites is 6. The van der Waals surface area contributed by atoms with E-state index in [9.17, 15) is 0 Å². The van der Waals surface area contributed by atoms with Gasteiger partial charge in [-0.2, -0.15) is 0 Å². The van der Waals surface area contributed by atoms with Gasteiger partial charge in [0.25, 0.3) is 0 Å². The third-order valence-corrected chi connectivity index (χ3v) is 33.4. The van der Waals surface area contributed by atoms with E-state index >= 15 is 0 Å². The highest BCUT2D eigenvalue weighted by atomic mass is 32.1. The summed E-state index contributed by atoms with van der Waals surface area (Å²) in [6.45, 7) is 0. The summed E-state index contributed by atoms with van der Waals surface area (Å²) in [5.74, 6) is 0. The second kappa shape index (κ2) is 32.3. The first-order valence-electron chi connectivity index (χ1n) is 48.9. The van der Waals surface area contributed by atoms with Crippen molar-refractivity contribution < 1.29 is 0 Å². The molecule has 23 aromatic carbocycles. The molecule has 0 bridgehead atoms. The van der Waals surface area contributed by atoms with Crippen LogP contribution in [-0.2, 0) is 0 Å². The highest BCUT2D eigenvalue weighted by molar-refractivity contribution is 7.27. The van der Waals surface area contributed by atoms with Crippen molar-refractivity contribution in [3.8, 4) is 67.5 Å². The second-order valence-corrected chi connectivity index (χ2v) is 40.8. The Morgan fingerprint density at radius 2 is 0.392 bits per heavy atom. The average Bonchev–Trinajstić information content (AvgIpc) is 1.55. The monoisotopic (exact) mass is 1870 g/mol. The predicted molar refractivity (Wildman–Crippen MR) is 615 cm³/mol. The number of hydrogen-bond donors (Lipinski definition) is 0. The SMILES string of the molecule is c1ccc(-c2cccc(-n3c4ccccc4c4cc5c6ccc7c8ccc(-c9ccccc9)cc8sc7c6n(-c6ccccc6)c5cc43)c2)cc1.c1ccc(-n2c3cc4c(cc3c3ccc5c6ccccc6sc5c32)c2ccccc2n4-c2ccc(-c3ccc4ccccc4c3)cc2)cc1.c1ccc(-n2c3cc4c(cc3c3ccc5c6ccccc6sc5c32)c2ccccc2n4-c2ccc3ccccc3c2)cc1. The zero-order valence-corrected chi connectivity index (χ0v) is 79.7. The van der Waals surface area contributed by atoms with Gasteiger partial charge >= 0.3 is 0 Å². The quantitative estimate of drug-likeness (QED) is 0.138. The van der Waals surface area contributed by atoms with E-state index in [2.05, 4.69) is 525 Å². The first-order chi connectivity index (χ1) is 70.9. The molecule has 9 heterocycles. The molecule has 0 fully saturated rings. The molecule has 0 saturated heterocycles. The highest BCUT2D eigenvalue weighted by Gasteiger charge is 2.28. The summed E-state index contributed by atoms with van der Waals surface area (Å²) >= 11 is 5.70. The van der Waals surface area contributed by atoms with Crippen LogP contribution in [0.4, 0.5) is 0 Å². The molecule has 0 atom stereocenters. The molecule has 0 spiro atoms. The van der Waals surface area contributed by atoms with Crippen molar-refractivity contribution in [2.24, 2.45) is 0 Å². The molecule has 0 aliphatic carbocycles. The number of hydrogen-bond acceptors (Lipinski definition) is 3. The lowest BCUT2D eigenvalue weighted by molar-refractivity contribution is 1.17. The van der Waals surface area contributed by atoms with Gasteiger partial charge in [0.15, 0.2) is 0 Å². The molecule has 0 amide bonds. The van der Waals surface area contributed by atoms with E-state index in [1.54, 1.807) is 0 Å². The Labute approximate surface area is 832 Å². The smallest absolute Gasteiger partial charge is 0.0719 e. The predicted octanol–water partition coefficient (Wildman–Crippen LogP) is 38.1. The molecule has 32 aromatic rings. The molecule has 9 aromatic heterocycles. The van der Waals surface area contributed by atoms with E-state index in [1.165, 1.54) is 269 Å². The Bertz CT molecular complexity index is 10900. The van der Waals surface area contributed by atoms with Gasteiger partial charge in [-0.05, 0) is 207 Å². The van der Waals surface area contributed by atoms with Crippen LogP contribution in [0.3, 0.4) is 0 Å². The lowest BCUT2D eigenvalue weighted by Gasteiger charge is -2.11. The fraction of sp³-hybridized carbons (Fsp3) is 0. The van der Waals surface area contributed by atoms with Crippen molar-refractivity contribution >= 4 is 247 Å². The Morgan fingerprint density at radius 1 is 0.119 bits per heavy atom. The van der Waals surface area contributed by atoms with Crippen molar-refractivity contribution in [1.29, 1.82) is 0 Å². The second-order valence-electron chi connectivity index (χ2n) is 37.7. The third kappa shape index (κ3) is 12.7. The number of benzene rings is 23. The summed E-state index contributed by atoms with van der Waals surface area (Å²) in [7, 11) is 0. The molecule has 9 heteroatoms. The van der Waals surface area contributed by atoms with Crippen LogP contribution >= 0.6 is 34.0 Å². The molecule has 0 aliphatic rings. The van der Waals surface area contributed by atoms with Crippen molar-refractivity contribution in [2.75, 3.05) is 0 Å². The summed E-state index contributed by atoms with van der Waals surface area (Å²) in [5, 5.41) is 28.2. The van der Waals surface area contributed by atoms with E-state index in [0.29, 0.717) is 0 Å². The van der Waals surface area contributed by atoms with Crippen LogP contribution in [0.1, 0.15) is 0 Å². The molecule has 6 nitrogen and oxygen atoms in total. The molecule has 0 aliphatic heterocycles. The maximum Gasteiger partial charge on any atom is 0.0719 e. The molecule has 666 valence electrons. The number of rotatable bonds is 9. The first-order valence-corrected chi connectivity index (χ1v) is 51.3. The minimum absolute atomic E-state index is 1.16. The summed E-state index contributed by atoms with van der Waals surface area (Å²) < 4.78 is 22.8. The lowest BCUT2D eigenvalue weighted by Crippen LogP contribution is -1.96. The maximum absolute atomic E-state index is 2.50. The van der Waals surface area contributed by atoms with Crippen molar-refractivity contribution in [3.63, 3.8) is 0 Å². The molecule has 0 unspecified atom stereocenters.